The summed E-state index contributed by atoms with van der Waals surface area (Å²) in [4.78, 5) is 40.9. The van der Waals surface area contributed by atoms with Gasteiger partial charge in [-0.1, -0.05) is 42.0 Å². The van der Waals surface area contributed by atoms with Crippen molar-refractivity contribution in [2.24, 2.45) is 11.8 Å². The van der Waals surface area contributed by atoms with Crippen LogP contribution in [0.1, 0.15) is 32.1 Å². The quantitative estimate of drug-likeness (QED) is 0.0585. The van der Waals surface area contributed by atoms with Crippen LogP contribution in [0.2, 0.25) is 5.02 Å². The summed E-state index contributed by atoms with van der Waals surface area (Å²) in [6.45, 7) is -1.56. The van der Waals surface area contributed by atoms with Crippen molar-refractivity contribution in [1.82, 2.24) is 0 Å². The predicted octanol–water partition coefficient (Wildman–Crippen LogP) is 2.46. The molecule has 0 bridgehead atoms. The van der Waals surface area contributed by atoms with Crippen molar-refractivity contribution in [2.75, 3.05) is 33.0 Å². The number of hydrogen-bond donors (Lipinski definition) is 3. The summed E-state index contributed by atoms with van der Waals surface area (Å²) < 4.78 is 15.8. The highest BCUT2D eigenvalue weighted by atomic mass is 35.5. The lowest BCUT2D eigenvalue weighted by atomic mass is 9.89. The van der Waals surface area contributed by atoms with Gasteiger partial charge in [0, 0.05) is 23.8 Å². The fourth-order valence-electron chi connectivity index (χ4n) is 4.37. The second-order valence-corrected chi connectivity index (χ2v) is 10.1. The number of allylic oxidation sites excluding steroid dienone is 2. The van der Waals surface area contributed by atoms with E-state index in [4.69, 9.17) is 25.8 Å². The topological polar surface area (TPSA) is 210 Å². The normalized spacial score (nSPS) is 21.5. The minimum Gasteiger partial charge on any atom is -0.491 e. The largest absolute Gasteiger partial charge is 0.491 e. The molecule has 6 atom stereocenters. The lowest BCUT2D eigenvalue weighted by Crippen LogP contribution is -2.29. The molecule has 1 fully saturated rings. The molecule has 1 aliphatic carbocycles. The summed E-state index contributed by atoms with van der Waals surface area (Å²) in [5.74, 6) is -0.674. The number of nitrogens with zero attached hydrogens (tertiary/aromatic N) is 2. The number of benzene rings is 1. The number of esters is 1. The van der Waals surface area contributed by atoms with E-state index in [1.165, 1.54) is 6.08 Å². The van der Waals surface area contributed by atoms with E-state index in [9.17, 15) is 40.3 Å². The van der Waals surface area contributed by atoms with E-state index in [1.54, 1.807) is 30.3 Å². The molecule has 1 saturated carbocycles. The molecule has 0 spiro atoms. The maximum atomic E-state index is 12.0. The Morgan fingerprint density at radius 3 is 2.56 bits per heavy atom. The number of unbranched alkanes of at least 4 members (excludes halogenated alkanes) is 1. The molecule has 43 heavy (non-hydrogen) atoms. The minimum absolute atomic E-state index is 0.00549. The minimum atomic E-state index is -1.04. The molecule has 2 rings (SSSR count). The molecule has 1 aliphatic rings. The van der Waals surface area contributed by atoms with Crippen molar-refractivity contribution in [1.29, 1.82) is 0 Å². The molecule has 16 heteroatoms. The summed E-state index contributed by atoms with van der Waals surface area (Å²) in [6, 6.07) is 6.79. The van der Waals surface area contributed by atoms with Gasteiger partial charge < -0.3 is 39.2 Å². The summed E-state index contributed by atoms with van der Waals surface area (Å²) >= 11 is 5.92. The lowest BCUT2D eigenvalue weighted by molar-refractivity contribution is -0.760. The summed E-state index contributed by atoms with van der Waals surface area (Å²) in [6.07, 6.45) is 5.26. The third-order valence-electron chi connectivity index (χ3n) is 6.44. The van der Waals surface area contributed by atoms with Crippen molar-refractivity contribution in [3.63, 3.8) is 0 Å². The first-order chi connectivity index (χ1) is 20.5. The van der Waals surface area contributed by atoms with Crippen molar-refractivity contribution >= 4 is 17.6 Å². The average molecular weight is 633 g/mol. The van der Waals surface area contributed by atoms with Gasteiger partial charge in [0.15, 0.2) is 0 Å². The Kier molecular flexibility index (Phi) is 16.3. The molecule has 15 nitrogen and oxygen atoms in total. The molecular weight excluding hydrogens is 596 g/mol. The molecule has 0 aromatic heterocycles. The average Bonchev–Trinajstić information content (AvgIpc) is 3.22. The molecule has 1 unspecified atom stereocenters. The molecule has 1 aromatic carbocycles. The van der Waals surface area contributed by atoms with Crippen LogP contribution in [0.15, 0.2) is 48.6 Å². The van der Waals surface area contributed by atoms with E-state index in [-0.39, 0.29) is 44.5 Å². The van der Waals surface area contributed by atoms with Gasteiger partial charge in [-0.3, -0.25) is 4.79 Å². The number of rotatable bonds is 21. The number of carbonyl (C=O) groups excluding carboxylic acids is 1. The zero-order chi connectivity index (χ0) is 31.6. The molecule has 0 heterocycles. The third kappa shape index (κ3) is 15.0. The Morgan fingerprint density at radius 2 is 1.84 bits per heavy atom. The monoisotopic (exact) mass is 632 g/mol. The molecule has 0 aliphatic heterocycles. The maximum Gasteiger partial charge on any atom is 0.305 e. The molecular formula is C27H37ClN2O13. The van der Waals surface area contributed by atoms with Gasteiger partial charge in [0.25, 0.3) is 10.2 Å². The van der Waals surface area contributed by atoms with Crippen LogP contribution in [0, 0.1) is 32.1 Å². The van der Waals surface area contributed by atoms with Crippen LogP contribution in [0.3, 0.4) is 0 Å². The van der Waals surface area contributed by atoms with Gasteiger partial charge in [0.1, 0.15) is 44.4 Å². The van der Waals surface area contributed by atoms with Gasteiger partial charge in [-0.05, 0) is 43.4 Å². The number of aliphatic hydroxyl groups is 3. The van der Waals surface area contributed by atoms with Crippen molar-refractivity contribution in [3.05, 3.63) is 73.8 Å². The van der Waals surface area contributed by atoms with Gasteiger partial charge in [0.2, 0.25) is 0 Å². The number of hydrogen-bond acceptors (Lipinski definition) is 13. The lowest BCUT2D eigenvalue weighted by Gasteiger charge is -2.19. The van der Waals surface area contributed by atoms with Crippen LogP contribution in [-0.4, -0.2) is 88.9 Å². The van der Waals surface area contributed by atoms with Crippen LogP contribution in [-0.2, 0) is 23.9 Å². The van der Waals surface area contributed by atoms with Crippen LogP contribution < -0.4 is 4.74 Å². The molecule has 240 valence electrons. The van der Waals surface area contributed by atoms with Gasteiger partial charge in [-0.15, -0.1) is 20.2 Å². The number of halogens is 1. The van der Waals surface area contributed by atoms with Crippen molar-refractivity contribution in [2.45, 2.75) is 56.5 Å². The van der Waals surface area contributed by atoms with Crippen LogP contribution in [0.25, 0.3) is 0 Å². The highest BCUT2D eigenvalue weighted by molar-refractivity contribution is 6.30. The van der Waals surface area contributed by atoms with E-state index in [2.05, 4.69) is 9.68 Å². The van der Waals surface area contributed by atoms with Crippen LogP contribution >= 0.6 is 11.6 Å². The fraction of sp³-hybridized carbons (Fsp3) is 0.593. The first kappa shape index (κ1) is 35.7. The maximum absolute atomic E-state index is 12.0. The zero-order valence-electron chi connectivity index (χ0n) is 23.4. The van der Waals surface area contributed by atoms with Gasteiger partial charge in [-0.2, -0.15) is 0 Å². The van der Waals surface area contributed by atoms with Crippen LogP contribution in [0.4, 0.5) is 0 Å². The van der Waals surface area contributed by atoms with Crippen molar-refractivity contribution in [3.8, 4) is 5.75 Å². The summed E-state index contributed by atoms with van der Waals surface area (Å²) in [7, 11) is 0. The highest BCUT2D eigenvalue weighted by Gasteiger charge is 2.39. The van der Waals surface area contributed by atoms with Gasteiger partial charge in [0.05, 0.1) is 18.8 Å². The van der Waals surface area contributed by atoms with E-state index < -0.39 is 53.8 Å². The zero-order valence-corrected chi connectivity index (χ0v) is 24.1. The summed E-state index contributed by atoms with van der Waals surface area (Å²) in [5.41, 5.74) is 0. The van der Waals surface area contributed by atoms with Crippen molar-refractivity contribution < 1.29 is 54.2 Å². The van der Waals surface area contributed by atoms with E-state index in [0.29, 0.717) is 30.0 Å². The third-order valence-corrected chi connectivity index (χ3v) is 6.68. The number of aliphatic hydroxyl groups excluding tert-OH is 3. The fourth-order valence-corrected chi connectivity index (χ4v) is 4.55. The Balaban J connectivity index is 1.71. The smallest absolute Gasteiger partial charge is 0.305 e. The Hall–Kier alpha value is -3.50. The second-order valence-electron chi connectivity index (χ2n) is 9.68. The molecule has 0 amide bonds. The van der Waals surface area contributed by atoms with E-state index in [0.717, 1.165) is 0 Å². The summed E-state index contributed by atoms with van der Waals surface area (Å²) in [5, 5.41) is 50.2. The molecule has 0 radical (unpaired) electrons. The van der Waals surface area contributed by atoms with E-state index in [1.807, 2.05) is 12.2 Å². The first-order valence-electron chi connectivity index (χ1n) is 13.6. The SMILES string of the molecule is O=C(CCCC=CC[C@@H]1[C@@H](C=C[C@@H](O)COc2cccc(Cl)c2)[C@H](O)C[C@@H]1O)OCC(CO[N+](=O)[O-])OCCO[N+](=O)[O-]. The van der Waals surface area contributed by atoms with Crippen LogP contribution in [0.5, 0.6) is 5.75 Å². The van der Waals surface area contributed by atoms with E-state index >= 15 is 0 Å². The van der Waals surface area contributed by atoms with Gasteiger partial charge in [-0.25, -0.2) is 0 Å². The van der Waals surface area contributed by atoms with Gasteiger partial charge >= 0.3 is 5.97 Å². The standard InChI is InChI=1S/C27H37ClN2O13/c28-19-6-5-7-21(14-19)40-16-20(31)10-11-24-23(25(32)15-26(24)33)8-3-1-2-4-9-27(34)41-17-22(18-43-30(37)38)39-12-13-42-29(35)36/h1,3,5-7,10-11,14,20,22-26,31-33H,2,4,8-9,12-13,15-18H2/t20-,22?,23-,24-,25+,26-/m1/s1. The molecule has 0 saturated heterocycles. The Bertz CT molecular complexity index is 1070. The highest BCUT2D eigenvalue weighted by Crippen LogP contribution is 2.36. The number of carbonyl (C=O) groups is 1. The predicted molar refractivity (Wildman–Crippen MR) is 150 cm³/mol. The first-order valence-corrected chi connectivity index (χ1v) is 14.0. The Morgan fingerprint density at radius 1 is 1.07 bits per heavy atom. The Labute approximate surface area is 252 Å². The second kappa shape index (κ2) is 19.6. The molecule has 3 N–H and O–H groups in total. The molecule has 1 aromatic rings. The number of ether oxygens (including phenoxy) is 3.